The maximum atomic E-state index is 13.4. The monoisotopic (exact) mass is 528 g/mol. The molecule has 1 aliphatic rings. The largest absolute Gasteiger partial charge is 0.454 e. The molecule has 1 aromatic carbocycles. The molecule has 11 nitrogen and oxygen atoms in total. The molecule has 1 aromatic rings. The number of aliphatic hydroxyl groups excluding tert-OH is 1. The fourth-order valence-corrected chi connectivity index (χ4v) is 5.37. The first kappa shape index (κ1) is 29.8. The van der Waals surface area contributed by atoms with Crippen molar-refractivity contribution in [3.05, 3.63) is 18.2 Å². The lowest BCUT2D eigenvalue weighted by Crippen LogP contribution is -2.56. The van der Waals surface area contributed by atoms with Gasteiger partial charge in [0.15, 0.2) is 11.5 Å². The zero-order chi connectivity index (χ0) is 27.0. The van der Waals surface area contributed by atoms with E-state index in [1.807, 2.05) is 27.7 Å². The van der Waals surface area contributed by atoms with Gasteiger partial charge in [0.1, 0.15) is 6.04 Å². The van der Waals surface area contributed by atoms with Crippen molar-refractivity contribution in [2.45, 2.75) is 64.1 Å². The summed E-state index contributed by atoms with van der Waals surface area (Å²) in [6.45, 7) is 9.17. The van der Waals surface area contributed by atoms with E-state index in [9.17, 15) is 23.1 Å². The molecule has 204 valence electrons. The summed E-state index contributed by atoms with van der Waals surface area (Å²) < 4.78 is 38.7. The summed E-state index contributed by atoms with van der Waals surface area (Å²) in [7, 11) is -2.33. The Kier molecular flexibility index (Phi) is 11.0. The van der Waals surface area contributed by atoms with Crippen LogP contribution in [0.2, 0.25) is 0 Å². The number of carbonyl (C=O) groups excluding carboxylic acids is 2. The molecular weight excluding hydrogens is 488 g/mol. The quantitative estimate of drug-likeness (QED) is 0.276. The summed E-state index contributed by atoms with van der Waals surface area (Å²) in [5.74, 6) is -0.0861. The van der Waals surface area contributed by atoms with Crippen LogP contribution in [-0.4, -0.2) is 81.3 Å². The number of aliphatic hydroxyl groups is 1. The van der Waals surface area contributed by atoms with Crippen LogP contribution in [-0.2, 0) is 19.6 Å². The average Bonchev–Trinajstić information content (AvgIpc) is 3.29. The summed E-state index contributed by atoms with van der Waals surface area (Å²) in [6, 6.07) is 2.84. The molecule has 0 fully saturated rings. The van der Waals surface area contributed by atoms with Crippen LogP contribution in [0.1, 0.15) is 41.0 Å². The molecule has 4 atom stereocenters. The van der Waals surface area contributed by atoms with Crippen molar-refractivity contribution in [3.8, 4) is 11.5 Å². The number of hydrogen-bond donors (Lipinski definition) is 4. The molecule has 36 heavy (non-hydrogen) atoms. The van der Waals surface area contributed by atoms with E-state index in [2.05, 4.69) is 16.0 Å². The molecule has 0 bridgehead atoms. The molecule has 0 aliphatic carbocycles. The normalized spacial score (nSPS) is 16.5. The van der Waals surface area contributed by atoms with Crippen molar-refractivity contribution in [2.75, 3.05) is 33.5 Å². The summed E-state index contributed by atoms with van der Waals surface area (Å²) >= 11 is 0. The first-order valence-electron chi connectivity index (χ1n) is 12.2. The van der Waals surface area contributed by atoms with Crippen LogP contribution in [0.25, 0.3) is 0 Å². The predicted molar refractivity (Wildman–Crippen MR) is 135 cm³/mol. The fourth-order valence-electron chi connectivity index (χ4n) is 3.73. The van der Waals surface area contributed by atoms with Crippen LogP contribution >= 0.6 is 0 Å². The van der Waals surface area contributed by atoms with Crippen molar-refractivity contribution >= 4 is 21.8 Å². The molecule has 2 rings (SSSR count). The smallest absolute Gasteiger partial charge is 0.243 e. The Hall–Kier alpha value is -2.41. The number of nitrogens with one attached hydrogen (secondary N) is 3. The highest BCUT2D eigenvalue weighted by Gasteiger charge is 2.33. The summed E-state index contributed by atoms with van der Waals surface area (Å²) in [4.78, 5) is 25.1. The minimum absolute atomic E-state index is 0.0111. The topological polar surface area (TPSA) is 146 Å². The number of amides is 2. The van der Waals surface area contributed by atoms with E-state index in [1.165, 1.54) is 16.4 Å². The summed E-state index contributed by atoms with van der Waals surface area (Å²) in [6.07, 6.45) is -0.535. The zero-order valence-electron chi connectivity index (χ0n) is 21.9. The Morgan fingerprint density at radius 1 is 1.08 bits per heavy atom. The first-order chi connectivity index (χ1) is 16.9. The van der Waals surface area contributed by atoms with Gasteiger partial charge in [-0.2, -0.15) is 4.31 Å². The number of hydrogen-bond acceptors (Lipinski definition) is 8. The number of likely N-dealkylation sites (N-methyl/N-ethyl adjacent to an activating group) is 1. The van der Waals surface area contributed by atoms with Gasteiger partial charge in [-0.15, -0.1) is 0 Å². The van der Waals surface area contributed by atoms with Gasteiger partial charge in [0.25, 0.3) is 0 Å². The molecule has 12 heteroatoms. The van der Waals surface area contributed by atoms with Crippen LogP contribution in [0.5, 0.6) is 11.5 Å². The van der Waals surface area contributed by atoms with E-state index < -0.39 is 34.1 Å². The Morgan fingerprint density at radius 2 is 1.75 bits per heavy atom. The minimum Gasteiger partial charge on any atom is -0.454 e. The predicted octanol–water partition coefficient (Wildman–Crippen LogP) is 0.678. The Labute approximate surface area is 214 Å². The Balaban J connectivity index is 2.15. The Bertz CT molecular complexity index is 1000. The highest BCUT2D eigenvalue weighted by molar-refractivity contribution is 7.89. The molecule has 1 heterocycles. The van der Waals surface area contributed by atoms with Crippen molar-refractivity contribution in [2.24, 2.45) is 11.8 Å². The van der Waals surface area contributed by atoms with Gasteiger partial charge >= 0.3 is 0 Å². The second kappa shape index (κ2) is 13.2. The molecule has 4 N–H and O–H groups in total. The van der Waals surface area contributed by atoms with E-state index in [4.69, 9.17) is 9.47 Å². The van der Waals surface area contributed by atoms with E-state index in [0.717, 1.165) is 0 Å². The lowest BCUT2D eigenvalue weighted by molar-refractivity contribution is -0.130. The highest BCUT2D eigenvalue weighted by Crippen LogP contribution is 2.34. The number of benzene rings is 1. The molecule has 0 spiro atoms. The van der Waals surface area contributed by atoms with Gasteiger partial charge in [0, 0.05) is 19.2 Å². The number of sulfonamides is 1. The second-order valence-corrected chi connectivity index (χ2v) is 11.5. The molecule has 4 unspecified atom stereocenters. The third-order valence-corrected chi connectivity index (χ3v) is 7.87. The third kappa shape index (κ3) is 7.79. The van der Waals surface area contributed by atoms with Crippen LogP contribution in [0.4, 0.5) is 0 Å². The lowest BCUT2D eigenvalue weighted by Gasteiger charge is -2.30. The number of fused-ring (bicyclic) bond motifs is 1. The zero-order valence-corrected chi connectivity index (χ0v) is 22.7. The van der Waals surface area contributed by atoms with Crippen molar-refractivity contribution in [1.82, 2.24) is 20.3 Å². The van der Waals surface area contributed by atoms with Crippen molar-refractivity contribution in [3.63, 3.8) is 0 Å². The molecule has 2 amide bonds. The third-order valence-electron chi connectivity index (χ3n) is 6.04. The molecule has 0 saturated heterocycles. The van der Waals surface area contributed by atoms with Gasteiger partial charge in [0.05, 0.1) is 23.6 Å². The standard InChI is InChI=1S/C24H40N4O7S/c1-7-16(4)23(27-22(30)11-25-6)24(31)26-17(5)19(29)13-28(12-15(2)3)36(32,33)18-8-9-20-21(10-18)35-14-34-20/h8-10,15-17,19,23,25,29H,7,11-14H2,1-6H3,(H,26,31)(H,27,30). The average molecular weight is 529 g/mol. The maximum absolute atomic E-state index is 13.4. The van der Waals surface area contributed by atoms with E-state index in [0.29, 0.717) is 17.9 Å². The van der Waals surface area contributed by atoms with E-state index >= 15 is 0 Å². The van der Waals surface area contributed by atoms with Gasteiger partial charge in [-0.05, 0) is 37.9 Å². The van der Waals surface area contributed by atoms with Gasteiger partial charge in [-0.3, -0.25) is 9.59 Å². The van der Waals surface area contributed by atoms with Crippen LogP contribution in [0, 0.1) is 11.8 Å². The number of rotatable bonds is 14. The lowest BCUT2D eigenvalue weighted by atomic mass is 9.97. The number of carbonyl (C=O) groups is 2. The van der Waals surface area contributed by atoms with Gasteiger partial charge in [-0.1, -0.05) is 34.1 Å². The van der Waals surface area contributed by atoms with Gasteiger partial charge < -0.3 is 30.5 Å². The van der Waals surface area contributed by atoms with Crippen molar-refractivity contribution in [1.29, 1.82) is 0 Å². The molecule has 1 aliphatic heterocycles. The van der Waals surface area contributed by atoms with Gasteiger partial charge in [0.2, 0.25) is 28.6 Å². The maximum Gasteiger partial charge on any atom is 0.243 e. The minimum atomic E-state index is -3.97. The molecule has 0 aromatic heterocycles. The fraction of sp³-hybridized carbons (Fsp3) is 0.667. The Morgan fingerprint density at radius 3 is 2.36 bits per heavy atom. The molecular formula is C24H40N4O7S. The molecule has 0 radical (unpaired) electrons. The van der Waals surface area contributed by atoms with Crippen molar-refractivity contribution < 1.29 is 32.6 Å². The van der Waals surface area contributed by atoms with E-state index in [-0.39, 0.29) is 49.1 Å². The second-order valence-electron chi connectivity index (χ2n) is 9.56. The summed E-state index contributed by atoms with van der Waals surface area (Å²) in [5.41, 5.74) is 0. The number of nitrogens with zero attached hydrogens (tertiary/aromatic N) is 1. The van der Waals surface area contributed by atoms with Crippen LogP contribution in [0.3, 0.4) is 0 Å². The van der Waals surface area contributed by atoms with Crippen LogP contribution in [0.15, 0.2) is 23.1 Å². The first-order valence-corrected chi connectivity index (χ1v) is 13.7. The van der Waals surface area contributed by atoms with E-state index in [1.54, 1.807) is 20.0 Å². The van der Waals surface area contributed by atoms with Gasteiger partial charge in [-0.25, -0.2) is 8.42 Å². The van der Waals surface area contributed by atoms with Crippen LogP contribution < -0.4 is 25.4 Å². The SMILES string of the molecule is CCC(C)C(NC(=O)CNC)C(=O)NC(C)C(O)CN(CC(C)C)S(=O)(=O)c1ccc2c(c1)OCO2. The molecule has 0 saturated carbocycles. The summed E-state index contributed by atoms with van der Waals surface area (Å²) in [5, 5.41) is 19.1. The number of ether oxygens (including phenoxy) is 2. The highest BCUT2D eigenvalue weighted by atomic mass is 32.2.